The summed E-state index contributed by atoms with van der Waals surface area (Å²) in [5.41, 5.74) is 0. The van der Waals surface area contributed by atoms with E-state index in [0.717, 1.165) is 39.0 Å². The van der Waals surface area contributed by atoms with Crippen molar-refractivity contribution >= 4 is 0 Å². The van der Waals surface area contributed by atoms with Crippen LogP contribution in [-0.2, 0) is 9.47 Å². The Morgan fingerprint density at radius 1 is 1.14 bits per heavy atom. The first kappa shape index (κ1) is 17.2. The van der Waals surface area contributed by atoms with E-state index < -0.39 is 0 Å². The molecule has 4 nitrogen and oxygen atoms in total. The van der Waals surface area contributed by atoms with Crippen LogP contribution in [0, 0.1) is 0 Å². The second-order valence-electron chi connectivity index (χ2n) is 6.67. The van der Waals surface area contributed by atoms with E-state index in [1.54, 1.807) is 0 Å². The van der Waals surface area contributed by atoms with Gasteiger partial charge in [0, 0.05) is 24.9 Å². The normalized spacial score (nSPS) is 28.6. The van der Waals surface area contributed by atoms with Crippen LogP contribution in [0.3, 0.4) is 0 Å². The maximum absolute atomic E-state index is 5.96. The van der Waals surface area contributed by atoms with Crippen LogP contribution >= 0.6 is 0 Å². The highest BCUT2D eigenvalue weighted by atomic mass is 16.7. The van der Waals surface area contributed by atoms with E-state index in [9.17, 15) is 0 Å². The van der Waals surface area contributed by atoms with Crippen molar-refractivity contribution in [1.29, 1.82) is 0 Å². The zero-order valence-electron chi connectivity index (χ0n) is 14.2. The summed E-state index contributed by atoms with van der Waals surface area (Å²) in [6.45, 7) is 8.32. The van der Waals surface area contributed by atoms with E-state index in [4.69, 9.17) is 9.47 Å². The predicted molar refractivity (Wildman–Crippen MR) is 86.5 cm³/mol. The van der Waals surface area contributed by atoms with Gasteiger partial charge in [0.15, 0.2) is 5.79 Å². The van der Waals surface area contributed by atoms with Gasteiger partial charge in [-0.15, -0.1) is 0 Å². The van der Waals surface area contributed by atoms with Crippen molar-refractivity contribution in [3.63, 3.8) is 0 Å². The van der Waals surface area contributed by atoms with Gasteiger partial charge in [0.2, 0.25) is 0 Å². The van der Waals surface area contributed by atoms with Gasteiger partial charge in [-0.1, -0.05) is 26.7 Å². The molecule has 0 aromatic heterocycles. The molecule has 0 radical (unpaired) electrons. The van der Waals surface area contributed by atoms with Crippen LogP contribution in [-0.4, -0.2) is 56.1 Å². The molecule has 2 rings (SSSR count). The van der Waals surface area contributed by atoms with Crippen molar-refractivity contribution in [2.24, 2.45) is 0 Å². The van der Waals surface area contributed by atoms with Crippen LogP contribution in [0.1, 0.15) is 58.8 Å². The summed E-state index contributed by atoms with van der Waals surface area (Å²) in [5.74, 6) is -0.284. The molecule has 2 fully saturated rings. The van der Waals surface area contributed by atoms with Crippen LogP contribution in [0.25, 0.3) is 0 Å². The van der Waals surface area contributed by atoms with Gasteiger partial charge in [0.1, 0.15) is 0 Å². The molecule has 2 unspecified atom stereocenters. The second-order valence-corrected chi connectivity index (χ2v) is 6.67. The smallest absolute Gasteiger partial charge is 0.170 e. The number of nitrogens with zero attached hydrogens (tertiary/aromatic N) is 1. The lowest BCUT2D eigenvalue weighted by molar-refractivity contribution is -0.192. The maximum Gasteiger partial charge on any atom is 0.170 e. The van der Waals surface area contributed by atoms with Gasteiger partial charge < -0.3 is 19.7 Å². The molecule has 2 aliphatic rings. The molecule has 1 spiro atoms. The van der Waals surface area contributed by atoms with Crippen LogP contribution in [0.15, 0.2) is 0 Å². The molecule has 124 valence electrons. The van der Waals surface area contributed by atoms with Gasteiger partial charge in [-0.2, -0.15) is 0 Å². The van der Waals surface area contributed by atoms with Crippen molar-refractivity contribution in [3.05, 3.63) is 0 Å². The van der Waals surface area contributed by atoms with Crippen LogP contribution in [0.4, 0.5) is 0 Å². The third-order valence-electron chi connectivity index (χ3n) is 4.97. The average Bonchev–Trinajstić information content (AvgIpc) is 2.94. The summed E-state index contributed by atoms with van der Waals surface area (Å²) in [6, 6.07) is 1.11. The SMILES string of the molecule is CCCCCN(C)C1CC2(CCC1NCCC)OCCO2. The molecule has 1 heterocycles. The number of unbranched alkanes of at least 4 members (excludes halogenated alkanes) is 2. The summed E-state index contributed by atoms with van der Waals surface area (Å²) in [6.07, 6.45) is 8.29. The Morgan fingerprint density at radius 3 is 2.57 bits per heavy atom. The summed E-state index contributed by atoms with van der Waals surface area (Å²) >= 11 is 0. The lowest BCUT2D eigenvalue weighted by Crippen LogP contribution is -2.57. The molecule has 2 atom stereocenters. The lowest BCUT2D eigenvalue weighted by Gasteiger charge is -2.45. The third kappa shape index (κ3) is 4.65. The lowest BCUT2D eigenvalue weighted by atomic mass is 9.84. The van der Waals surface area contributed by atoms with Gasteiger partial charge in [-0.05, 0) is 39.4 Å². The molecular formula is C17H34N2O2. The minimum Gasteiger partial charge on any atom is -0.347 e. The van der Waals surface area contributed by atoms with Crippen LogP contribution in [0.2, 0.25) is 0 Å². The number of hydrogen-bond acceptors (Lipinski definition) is 4. The highest BCUT2D eigenvalue weighted by molar-refractivity contribution is 4.95. The zero-order chi connectivity index (χ0) is 15.1. The fraction of sp³-hybridized carbons (Fsp3) is 1.00. The Bertz CT molecular complexity index is 293. The Morgan fingerprint density at radius 2 is 1.90 bits per heavy atom. The summed E-state index contributed by atoms with van der Waals surface area (Å²) in [7, 11) is 2.27. The van der Waals surface area contributed by atoms with E-state index in [2.05, 4.69) is 31.1 Å². The van der Waals surface area contributed by atoms with E-state index in [-0.39, 0.29) is 5.79 Å². The first-order chi connectivity index (χ1) is 10.2. The van der Waals surface area contributed by atoms with Gasteiger partial charge in [-0.25, -0.2) is 0 Å². The Balaban J connectivity index is 1.94. The molecule has 0 bridgehead atoms. The molecule has 21 heavy (non-hydrogen) atoms. The van der Waals surface area contributed by atoms with E-state index in [1.807, 2.05) is 0 Å². The standard InChI is InChI=1S/C17H34N2O2/c1-4-6-7-11-19(3)16-14-17(20-12-13-21-17)9-8-15(16)18-10-5-2/h15-16,18H,4-14H2,1-3H3. The van der Waals surface area contributed by atoms with Gasteiger partial charge in [-0.3, -0.25) is 0 Å². The minimum atomic E-state index is -0.284. The third-order valence-corrected chi connectivity index (χ3v) is 4.97. The Hall–Kier alpha value is -0.160. The van der Waals surface area contributed by atoms with Gasteiger partial charge in [0.05, 0.1) is 13.2 Å². The largest absolute Gasteiger partial charge is 0.347 e. The second kappa shape index (κ2) is 8.47. The number of ether oxygens (including phenoxy) is 2. The highest BCUT2D eigenvalue weighted by Gasteiger charge is 2.45. The molecule has 1 aliphatic heterocycles. The van der Waals surface area contributed by atoms with Crippen LogP contribution < -0.4 is 5.32 Å². The Kier molecular flexibility index (Phi) is 6.93. The molecule has 0 aromatic carbocycles. The number of nitrogens with one attached hydrogen (secondary N) is 1. The van der Waals surface area contributed by atoms with Gasteiger partial charge >= 0.3 is 0 Å². The minimum absolute atomic E-state index is 0.284. The fourth-order valence-electron chi connectivity index (χ4n) is 3.70. The maximum atomic E-state index is 5.96. The number of hydrogen-bond donors (Lipinski definition) is 1. The predicted octanol–water partition coefficient (Wildman–Crippen LogP) is 2.77. The molecule has 0 aromatic rings. The first-order valence-electron chi connectivity index (χ1n) is 8.92. The average molecular weight is 298 g/mol. The molecule has 4 heteroatoms. The molecule has 1 N–H and O–H groups in total. The highest BCUT2D eigenvalue weighted by Crippen LogP contribution is 2.37. The van der Waals surface area contributed by atoms with Crippen molar-refractivity contribution < 1.29 is 9.47 Å². The summed E-state index contributed by atoms with van der Waals surface area (Å²) < 4.78 is 11.9. The molecular weight excluding hydrogens is 264 g/mol. The van der Waals surface area contributed by atoms with Crippen molar-refractivity contribution in [2.45, 2.75) is 76.7 Å². The Labute approximate surface area is 130 Å². The quantitative estimate of drug-likeness (QED) is 0.699. The van der Waals surface area contributed by atoms with E-state index in [0.29, 0.717) is 12.1 Å². The zero-order valence-corrected chi connectivity index (χ0v) is 14.2. The van der Waals surface area contributed by atoms with E-state index >= 15 is 0 Å². The van der Waals surface area contributed by atoms with Crippen LogP contribution in [0.5, 0.6) is 0 Å². The van der Waals surface area contributed by atoms with E-state index in [1.165, 1.54) is 32.2 Å². The van der Waals surface area contributed by atoms with Crippen molar-refractivity contribution in [1.82, 2.24) is 10.2 Å². The van der Waals surface area contributed by atoms with Crippen molar-refractivity contribution in [2.75, 3.05) is 33.4 Å². The first-order valence-corrected chi connectivity index (χ1v) is 8.92. The van der Waals surface area contributed by atoms with Crippen molar-refractivity contribution in [3.8, 4) is 0 Å². The molecule has 1 saturated heterocycles. The molecule has 1 saturated carbocycles. The molecule has 1 aliphatic carbocycles. The molecule has 0 amide bonds. The monoisotopic (exact) mass is 298 g/mol. The summed E-state index contributed by atoms with van der Waals surface area (Å²) in [4.78, 5) is 2.54. The fourth-order valence-corrected chi connectivity index (χ4v) is 3.70. The summed E-state index contributed by atoms with van der Waals surface area (Å²) in [5, 5.41) is 3.75. The number of rotatable bonds is 8. The number of likely N-dealkylation sites (N-methyl/N-ethyl adjacent to an activating group) is 1. The topological polar surface area (TPSA) is 33.7 Å². The van der Waals surface area contributed by atoms with Gasteiger partial charge in [0.25, 0.3) is 0 Å².